The lowest BCUT2D eigenvalue weighted by atomic mass is 10.0. The van der Waals surface area contributed by atoms with Crippen LogP contribution in [0.25, 0.3) is 5.69 Å². The Bertz CT molecular complexity index is 605. The van der Waals surface area contributed by atoms with Crippen molar-refractivity contribution < 1.29 is 4.79 Å². The van der Waals surface area contributed by atoms with Crippen molar-refractivity contribution in [1.82, 2.24) is 25.5 Å². The Morgan fingerprint density at radius 1 is 1.27 bits per heavy atom. The lowest BCUT2D eigenvalue weighted by Gasteiger charge is -2.11. The molecule has 116 valence electrons. The number of para-hydroxylation sites is 1. The van der Waals surface area contributed by atoms with Crippen molar-refractivity contribution in [2.75, 3.05) is 6.54 Å². The Morgan fingerprint density at radius 3 is 2.86 bits per heavy atom. The number of nitrogens with one attached hydrogen (secondary N) is 1. The third-order valence-corrected chi connectivity index (χ3v) is 4.29. The zero-order chi connectivity index (χ0) is 15.2. The molecule has 0 radical (unpaired) electrons. The third kappa shape index (κ3) is 3.50. The van der Waals surface area contributed by atoms with E-state index in [0.29, 0.717) is 11.3 Å². The number of benzene rings is 1. The van der Waals surface area contributed by atoms with Gasteiger partial charge in [0.25, 0.3) is 5.91 Å². The van der Waals surface area contributed by atoms with E-state index in [2.05, 4.69) is 20.8 Å². The van der Waals surface area contributed by atoms with Crippen LogP contribution in [-0.2, 0) is 0 Å². The normalized spacial score (nSPS) is 15.1. The quantitative estimate of drug-likeness (QED) is 0.831. The number of nitrogens with zero attached hydrogens (tertiary/aromatic N) is 4. The van der Waals surface area contributed by atoms with Crippen LogP contribution >= 0.6 is 0 Å². The molecule has 22 heavy (non-hydrogen) atoms. The standard InChI is InChI=1S/C16H21N5O/c22-16(17-11-5-8-13-6-1-2-7-13)14-9-3-4-10-15(14)21-12-18-19-20-21/h3-4,9-10,12-13H,1-2,5-8,11H2,(H,17,22). The molecule has 1 amide bonds. The number of carbonyl (C=O) groups excluding carboxylic acids is 1. The molecule has 1 saturated carbocycles. The Hall–Kier alpha value is -2.24. The first kappa shape index (κ1) is 14.7. The smallest absolute Gasteiger partial charge is 0.253 e. The molecule has 0 atom stereocenters. The number of amides is 1. The van der Waals surface area contributed by atoms with Crippen LogP contribution in [0, 0.1) is 5.92 Å². The van der Waals surface area contributed by atoms with Crippen molar-refractivity contribution in [1.29, 1.82) is 0 Å². The minimum atomic E-state index is -0.0717. The van der Waals surface area contributed by atoms with Gasteiger partial charge in [0.05, 0.1) is 11.3 Å². The van der Waals surface area contributed by atoms with E-state index in [1.165, 1.54) is 43.1 Å². The second-order valence-corrected chi connectivity index (χ2v) is 5.82. The van der Waals surface area contributed by atoms with Gasteiger partial charge in [-0.25, -0.2) is 0 Å². The Labute approximate surface area is 129 Å². The molecule has 1 N–H and O–H groups in total. The van der Waals surface area contributed by atoms with Gasteiger partial charge in [-0.1, -0.05) is 37.8 Å². The van der Waals surface area contributed by atoms with Crippen molar-refractivity contribution in [2.24, 2.45) is 5.92 Å². The van der Waals surface area contributed by atoms with Crippen LogP contribution in [-0.4, -0.2) is 32.7 Å². The number of rotatable bonds is 6. The summed E-state index contributed by atoms with van der Waals surface area (Å²) in [6, 6.07) is 7.35. The van der Waals surface area contributed by atoms with Gasteiger partial charge in [-0.2, -0.15) is 4.68 Å². The number of hydrogen-bond acceptors (Lipinski definition) is 4. The van der Waals surface area contributed by atoms with Crippen molar-refractivity contribution in [3.8, 4) is 5.69 Å². The number of tetrazole rings is 1. The van der Waals surface area contributed by atoms with Crippen molar-refractivity contribution in [3.63, 3.8) is 0 Å². The van der Waals surface area contributed by atoms with Crippen LogP contribution < -0.4 is 5.32 Å². The van der Waals surface area contributed by atoms with E-state index in [4.69, 9.17) is 0 Å². The monoisotopic (exact) mass is 299 g/mol. The SMILES string of the molecule is O=C(NCCCC1CCCC1)c1ccccc1-n1cnnn1. The fraction of sp³-hybridized carbons (Fsp3) is 0.500. The van der Waals surface area contributed by atoms with E-state index in [9.17, 15) is 4.79 Å². The molecule has 1 aliphatic rings. The lowest BCUT2D eigenvalue weighted by molar-refractivity contribution is 0.0952. The van der Waals surface area contributed by atoms with E-state index in [1.807, 2.05) is 18.2 Å². The molecule has 3 rings (SSSR count). The summed E-state index contributed by atoms with van der Waals surface area (Å²) in [7, 11) is 0. The van der Waals surface area contributed by atoms with Crippen LogP contribution in [0.4, 0.5) is 0 Å². The van der Waals surface area contributed by atoms with Crippen molar-refractivity contribution >= 4 is 5.91 Å². The second-order valence-electron chi connectivity index (χ2n) is 5.82. The highest BCUT2D eigenvalue weighted by atomic mass is 16.1. The second kappa shape index (κ2) is 7.15. The maximum atomic E-state index is 12.4. The topological polar surface area (TPSA) is 72.7 Å². The average molecular weight is 299 g/mol. The molecule has 1 fully saturated rings. The molecule has 0 saturated heterocycles. The minimum absolute atomic E-state index is 0.0717. The van der Waals surface area contributed by atoms with Gasteiger partial charge in [0.1, 0.15) is 6.33 Å². The zero-order valence-corrected chi connectivity index (χ0v) is 12.6. The van der Waals surface area contributed by atoms with Crippen molar-refractivity contribution in [3.05, 3.63) is 36.2 Å². The molecule has 0 aliphatic heterocycles. The predicted molar refractivity (Wildman–Crippen MR) is 82.7 cm³/mol. The lowest BCUT2D eigenvalue weighted by Crippen LogP contribution is -2.26. The largest absolute Gasteiger partial charge is 0.352 e. The summed E-state index contributed by atoms with van der Waals surface area (Å²) in [5.74, 6) is 0.794. The van der Waals surface area contributed by atoms with Gasteiger partial charge in [-0.15, -0.1) is 5.10 Å². The van der Waals surface area contributed by atoms with Crippen LogP contribution in [0.5, 0.6) is 0 Å². The van der Waals surface area contributed by atoms with Gasteiger partial charge in [0.2, 0.25) is 0 Å². The first-order valence-corrected chi connectivity index (χ1v) is 7.95. The van der Waals surface area contributed by atoms with Gasteiger partial charge in [-0.05, 0) is 41.3 Å². The molecule has 1 aliphatic carbocycles. The molecule has 1 aromatic heterocycles. The highest BCUT2D eigenvalue weighted by Gasteiger charge is 2.15. The maximum Gasteiger partial charge on any atom is 0.253 e. The van der Waals surface area contributed by atoms with E-state index in [-0.39, 0.29) is 5.91 Å². The molecule has 1 aromatic carbocycles. The highest BCUT2D eigenvalue weighted by molar-refractivity contribution is 5.97. The van der Waals surface area contributed by atoms with E-state index in [0.717, 1.165) is 18.9 Å². The predicted octanol–water partition coefficient (Wildman–Crippen LogP) is 2.36. The molecule has 0 bridgehead atoms. The van der Waals surface area contributed by atoms with Crippen LogP contribution in [0.2, 0.25) is 0 Å². The number of hydrogen-bond donors (Lipinski definition) is 1. The Kier molecular flexibility index (Phi) is 4.78. The maximum absolute atomic E-state index is 12.4. The number of aromatic nitrogens is 4. The molecular weight excluding hydrogens is 278 g/mol. The van der Waals surface area contributed by atoms with Crippen LogP contribution in [0.15, 0.2) is 30.6 Å². The fourth-order valence-corrected chi connectivity index (χ4v) is 3.12. The van der Waals surface area contributed by atoms with Crippen LogP contribution in [0.3, 0.4) is 0 Å². The minimum Gasteiger partial charge on any atom is -0.352 e. The summed E-state index contributed by atoms with van der Waals surface area (Å²) >= 11 is 0. The Morgan fingerprint density at radius 2 is 2.09 bits per heavy atom. The average Bonchev–Trinajstić information content (AvgIpc) is 3.24. The van der Waals surface area contributed by atoms with Gasteiger partial charge in [0.15, 0.2) is 0 Å². The van der Waals surface area contributed by atoms with Gasteiger partial charge in [0, 0.05) is 6.54 Å². The first-order chi connectivity index (χ1) is 10.8. The summed E-state index contributed by atoms with van der Waals surface area (Å²) in [4.78, 5) is 12.4. The third-order valence-electron chi connectivity index (χ3n) is 4.29. The fourth-order valence-electron chi connectivity index (χ4n) is 3.12. The van der Waals surface area contributed by atoms with E-state index < -0.39 is 0 Å². The van der Waals surface area contributed by atoms with E-state index in [1.54, 1.807) is 6.07 Å². The van der Waals surface area contributed by atoms with Crippen molar-refractivity contribution in [2.45, 2.75) is 38.5 Å². The molecule has 0 unspecified atom stereocenters. The summed E-state index contributed by atoms with van der Waals surface area (Å²) in [6.45, 7) is 0.722. The molecule has 6 heteroatoms. The summed E-state index contributed by atoms with van der Waals surface area (Å²) in [5.41, 5.74) is 1.29. The zero-order valence-electron chi connectivity index (χ0n) is 12.6. The summed E-state index contributed by atoms with van der Waals surface area (Å²) in [5, 5.41) is 14.1. The van der Waals surface area contributed by atoms with Gasteiger partial charge < -0.3 is 5.32 Å². The van der Waals surface area contributed by atoms with E-state index >= 15 is 0 Å². The highest BCUT2D eigenvalue weighted by Crippen LogP contribution is 2.28. The summed E-state index contributed by atoms with van der Waals surface area (Å²) in [6.07, 6.45) is 9.21. The molecular formula is C16H21N5O. The van der Waals surface area contributed by atoms with Gasteiger partial charge in [-0.3, -0.25) is 4.79 Å². The van der Waals surface area contributed by atoms with Gasteiger partial charge >= 0.3 is 0 Å². The molecule has 6 nitrogen and oxygen atoms in total. The Balaban J connectivity index is 1.56. The molecule has 2 aromatic rings. The molecule has 0 spiro atoms. The first-order valence-electron chi connectivity index (χ1n) is 7.95. The summed E-state index contributed by atoms with van der Waals surface area (Å²) < 4.78 is 1.51. The van der Waals surface area contributed by atoms with Crippen LogP contribution in [0.1, 0.15) is 48.9 Å². The molecule has 1 heterocycles. The number of carbonyl (C=O) groups is 1.